The van der Waals surface area contributed by atoms with Gasteiger partial charge in [-0.3, -0.25) is 14.9 Å². The first-order valence-corrected chi connectivity index (χ1v) is 9.71. The Labute approximate surface area is 176 Å². The Bertz CT molecular complexity index is 990. The predicted octanol–water partition coefficient (Wildman–Crippen LogP) is 3.93. The standard InChI is InChI=1S/C20H18ClF3N6/c21-15-1-2-16(26-12-15)13-29-7-9-30(10-8-29)18-11-17(20(22,23)24)27-19(28-18)14-3-5-25-6-4-14/h1-6,11-12H,7-10,13H2. The first-order chi connectivity index (χ1) is 14.4. The van der Waals surface area contributed by atoms with Gasteiger partial charge in [0.15, 0.2) is 11.5 Å². The third kappa shape index (κ3) is 4.85. The Morgan fingerprint density at radius 2 is 1.70 bits per heavy atom. The minimum absolute atomic E-state index is 0.0371. The van der Waals surface area contributed by atoms with Crippen molar-refractivity contribution in [2.75, 3.05) is 31.1 Å². The van der Waals surface area contributed by atoms with Crippen LogP contribution in [0, 0.1) is 0 Å². The molecule has 0 amide bonds. The molecule has 1 saturated heterocycles. The maximum absolute atomic E-state index is 13.4. The number of nitrogens with zero attached hydrogens (tertiary/aromatic N) is 6. The molecule has 4 rings (SSSR count). The lowest BCUT2D eigenvalue weighted by Crippen LogP contribution is -2.46. The van der Waals surface area contributed by atoms with Gasteiger partial charge in [0.05, 0.1) is 10.7 Å². The lowest BCUT2D eigenvalue weighted by molar-refractivity contribution is -0.141. The molecule has 30 heavy (non-hydrogen) atoms. The lowest BCUT2D eigenvalue weighted by atomic mass is 10.2. The van der Waals surface area contributed by atoms with Crippen LogP contribution in [0.1, 0.15) is 11.4 Å². The molecule has 3 aromatic heterocycles. The van der Waals surface area contributed by atoms with Gasteiger partial charge in [0, 0.05) is 62.9 Å². The molecule has 1 aliphatic rings. The zero-order valence-corrected chi connectivity index (χ0v) is 16.6. The van der Waals surface area contributed by atoms with Gasteiger partial charge < -0.3 is 4.90 Å². The Morgan fingerprint density at radius 1 is 0.967 bits per heavy atom. The molecule has 0 radical (unpaired) electrons. The SMILES string of the molecule is FC(F)(F)c1cc(N2CCN(Cc3ccc(Cl)cn3)CC2)nc(-c2ccncc2)n1. The summed E-state index contributed by atoms with van der Waals surface area (Å²) < 4.78 is 40.3. The van der Waals surface area contributed by atoms with Crippen LogP contribution in [0.4, 0.5) is 19.0 Å². The Morgan fingerprint density at radius 3 is 2.33 bits per heavy atom. The summed E-state index contributed by atoms with van der Waals surface area (Å²) in [5.74, 6) is 0.309. The van der Waals surface area contributed by atoms with Crippen LogP contribution in [0.3, 0.4) is 0 Å². The fourth-order valence-corrected chi connectivity index (χ4v) is 3.35. The summed E-state index contributed by atoms with van der Waals surface area (Å²) in [5.41, 5.74) is 0.436. The number of hydrogen-bond donors (Lipinski definition) is 0. The highest BCUT2D eigenvalue weighted by Crippen LogP contribution is 2.32. The first kappa shape index (κ1) is 20.5. The van der Waals surface area contributed by atoms with Crippen molar-refractivity contribution in [1.29, 1.82) is 0 Å². The molecule has 156 valence electrons. The summed E-state index contributed by atoms with van der Waals surface area (Å²) in [6.45, 7) is 3.13. The second-order valence-corrected chi connectivity index (χ2v) is 7.34. The summed E-state index contributed by atoms with van der Waals surface area (Å²) in [6.07, 6.45) is 0.0548. The van der Waals surface area contributed by atoms with Gasteiger partial charge in [0.1, 0.15) is 5.82 Å². The Balaban J connectivity index is 1.52. The smallest absolute Gasteiger partial charge is 0.354 e. The fourth-order valence-electron chi connectivity index (χ4n) is 3.24. The molecule has 4 heterocycles. The third-order valence-corrected chi connectivity index (χ3v) is 5.04. The maximum Gasteiger partial charge on any atom is 0.433 e. The van der Waals surface area contributed by atoms with E-state index in [1.54, 1.807) is 24.4 Å². The highest BCUT2D eigenvalue weighted by Gasteiger charge is 2.34. The molecular formula is C20H18ClF3N6. The summed E-state index contributed by atoms with van der Waals surface area (Å²) in [4.78, 5) is 20.4. The van der Waals surface area contributed by atoms with Crippen molar-refractivity contribution in [1.82, 2.24) is 24.8 Å². The van der Waals surface area contributed by atoms with Crippen LogP contribution in [0.15, 0.2) is 48.9 Å². The number of alkyl halides is 3. The van der Waals surface area contributed by atoms with Crippen LogP contribution in [0.2, 0.25) is 5.02 Å². The average molecular weight is 435 g/mol. The summed E-state index contributed by atoms with van der Waals surface area (Å²) in [7, 11) is 0. The zero-order valence-electron chi connectivity index (χ0n) is 15.8. The van der Waals surface area contributed by atoms with Crippen molar-refractivity contribution in [2.24, 2.45) is 0 Å². The fraction of sp³-hybridized carbons (Fsp3) is 0.300. The van der Waals surface area contributed by atoms with E-state index in [9.17, 15) is 13.2 Å². The molecule has 0 unspecified atom stereocenters. The second kappa shape index (κ2) is 8.53. The van der Waals surface area contributed by atoms with Gasteiger partial charge in [0.2, 0.25) is 0 Å². The molecule has 1 fully saturated rings. The van der Waals surface area contributed by atoms with Crippen LogP contribution >= 0.6 is 11.6 Å². The van der Waals surface area contributed by atoms with Crippen molar-refractivity contribution in [3.05, 3.63) is 65.3 Å². The minimum Gasteiger partial charge on any atom is -0.354 e. The molecular weight excluding hydrogens is 417 g/mol. The van der Waals surface area contributed by atoms with Gasteiger partial charge in [-0.1, -0.05) is 11.6 Å². The van der Waals surface area contributed by atoms with E-state index < -0.39 is 11.9 Å². The molecule has 3 aromatic rings. The van der Waals surface area contributed by atoms with E-state index in [4.69, 9.17) is 11.6 Å². The van der Waals surface area contributed by atoms with E-state index in [2.05, 4.69) is 24.8 Å². The molecule has 0 aliphatic carbocycles. The van der Waals surface area contributed by atoms with Crippen LogP contribution in [0.5, 0.6) is 0 Å². The Kier molecular flexibility index (Phi) is 5.83. The number of piperazine rings is 1. The highest BCUT2D eigenvalue weighted by molar-refractivity contribution is 6.30. The summed E-state index contributed by atoms with van der Waals surface area (Å²) >= 11 is 5.86. The number of pyridine rings is 2. The molecule has 6 nitrogen and oxygen atoms in total. The molecule has 1 aliphatic heterocycles. The van der Waals surface area contributed by atoms with Crippen LogP contribution in [-0.2, 0) is 12.7 Å². The van der Waals surface area contributed by atoms with E-state index in [-0.39, 0.29) is 11.6 Å². The number of anilines is 1. The third-order valence-electron chi connectivity index (χ3n) is 4.81. The van der Waals surface area contributed by atoms with E-state index in [0.717, 1.165) is 11.8 Å². The van der Waals surface area contributed by atoms with Gasteiger partial charge >= 0.3 is 6.18 Å². The quantitative estimate of drug-likeness (QED) is 0.620. The van der Waals surface area contributed by atoms with Crippen LogP contribution < -0.4 is 4.90 Å². The van der Waals surface area contributed by atoms with E-state index in [1.165, 1.54) is 12.4 Å². The zero-order chi connectivity index (χ0) is 21.1. The largest absolute Gasteiger partial charge is 0.433 e. The second-order valence-electron chi connectivity index (χ2n) is 6.90. The molecule has 10 heteroatoms. The molecule has 0 saturated carbocycles. The molecule has 0 bridgehead atoms. The van der Waals surface area contributed by atoms with Crippen molar-refractivity contribution in [3.63, 3.8) is 0 Å². The van der Waals surface area contributed by atoms with Gasteiger partial charge in [0.25, 0.3) is 0 Å². The van der Waals surface area contributed by atoms with E-state index in [0.29, 0.717) is 43.3 Å². The van der Waals surface area contributed by atoms with E-state index in [1.807, 2.05) is 11.0 Å². The van der Waals surface area contributed by atoms with Crippen LogP contribution in [-0.4, -0.2) is 51.0 Å². The predicted molar refractivity (Wildman–Crippen MR) is 107 cm³/mol. The van der Waals surface area contributed by atoms with Gasteiger partial charge in [-0.25, -0.2) is 9.97 Å². The molecule has 0 aromatic carbocycles. The summed E-state index contributed by atoms with van der Waals surface area (Å²) in [5, 5.41) is 0.581. The van der Waals surface area contributed by atoms with Crippen molar-refractivity contribution in [2.45, 2.75) is 12.7 Å². The minimum atomic E-state index is -4.55. The van der Waals surface area contributed by atoms with Gasteiger partial charge in [-0.05, 0) is 24.3 Å². The highest BCUT2D eigenvalue weighted by atomic mass is 35.5. The lowest BCUT2D eigenvalue weighted by Gasteiger charge is -2.35. The number of hydrogen-bond acceptors (Lipinski definition) is 6. The van der Waals surface area contributed by atoms with E-state index >= 15 is 0 Å². The van der Waals surface area contributed by atoms with Crippen LogP contribution in [0.25, 0.3) is 11.4 Å². The van der Waals surface area contributed by atoms with Crippen molar-refractivity contribution < 1.29 is 13.2 Å². The monoisotopic (exact) mass is 434 g/mol. The molecule has 0 spiro atoms. The number of aromatic nitrogens is 4. The Hall–Kier alpha value is -2.78. The van der Waals surface area contributed by atoms with Gasteiger partial charge in [-0.2, -0.15) is 13.2 Å². The van der Waals surface area contributed by atoms with Gasteiger partial charge in [-0.15, -0.1) is 0 Å². The first-order valence-electron chi connectivity index (χ1n) is 9.33. The molecule has 0 atom stereocenters. The normalized spacial score (nSPS) is 15.4. The summed E-state index contributed by atoms with van der Waals surface area (Å²) in [6, 6.07) is 7.86. The molecule has 0 N–H and O–H groups in total. The number of halogens is 4. The maximum atomic E-state index is 13.4. The number of rotatable bonds is 4. The average Bonchev–Trinajstić information content (AvgIpc) is 2.76. The van der Waals surface area contributed by atoms with Crippen molar-refractivity contribution >= 4 is 17.4 Å². The topological polar surface area (TPSA) is 58.0 Å². The van der Waals surface area contributed by atoms with Crippen molar-refractivity contribution in [3.8, 4) is 11.4 Å².